The van der Waals surface area contributed by atoms with Crippen LogP contribution in [0.15, 0.2) is 24.3 Å². The van der Waals surface area contributed by atoms with Crippen molar-refractivity contribution in [1.82, 2.24) is 0 Å². The van der Waals surface area contributed by atoms with Gasteiger partial charge in [-0.15, -0.1) is 0 Å². The van der Waals surface area contributed by atoms with Gasteiger partial charge in [-0.3, -0.25) is 4.79 Å². The van der Waals surface area contributed by atoms with Crippen LogP contribution in [0.1, 0.15) is 71.4 Å². The normalized spacial score (nSPS) is 11.9. The monoisotopic (exact) mass is 274 g/mol. The zero-order valence-electron chi connectivity index (χ0n) is 13.8. The standard InChI is InChI=1S/C19H30O/c1-6-8-16(9-7-2)18(20)14-15-10-12-17(13-11-15)19(3,4)5/h10-13,16H,6-9,14H2,1-5H3. The molecule has 1 heteroatoms. The highest BCUT2D eigenvalue weighted by atomic mass is 16.1. The van der Waals surface area contributed by atoms with Crippen molar-refractivity contribution >= 4 is 5.78 Å². The first kappa shape index (κ1) is 16.9. The first-order valence-corrected chi connectivity index (χ1v) is 8.00. The van der Waals surface area contributed by atoms with Gasteiger partial charge in [0.1, 0.15) is 5.78 Å². The van der Waals surface area contributed by atoms with Crippen LogP contribution in [0.2, 0.25) is 0 Å². The third-order valence-corrected chi connectivity index (χ3v) is 3.93. The number of rotatable bonds is 7. The maximum atomic E-state index is 12.4. The van der Waals surface area contributed by atoms with E-state index in [1.807, 2.05) is 0 Å². The first-order valence-electron chi connectivity index (χ1n) is 8.00. The van der Waals surface area contributed by atoms with Crippen LogP contribution in [0, 0.1) is 5.92 Å². The Morgan fingerprint density at radius 1 is 1.00 bits per heavy atom. The van der Waals surface area contributed by atoms with Crippen LogP contribution < -0.4 is 0 Å². The second kappa shape index (κ2) is 7.61. The van der Waals surface area contributed by atoms with Crippen molar-refractivity contribution in [2.45, 2.75) is 72.1 Å². The van der Waals surface area contributed by atoms with E-state index in [-0.39, 0.29) is 11.3 Å². The second-order valence-corrected chi connectivity index (χ2v) is 6.86. The highest BCUT2D eigenvalue weighted by Crippen LogP contribution is 2.23. The Morgan fingerprint density at radius 2 is 1.50 bits per heavy atom. The van der Waals surface area contributed by atoms with Crippen LogP contribution in [0.4, 0.5) is 0 Å². The fraction of sp³-hybridized carbons (Fsp3) is 0.632. The Labute approximate surface area is 124 Å². The molecule has 1 aromatic rings. The van der Waals surface area contributed by atoms with Crippen LogP contribution in [0.3, 0.4) is 0 Å². The zero-order valence-corrected chi connectivity index (χ0v) is 13.8. The first-order chi connectivity index (χ1) is 9.38. The molecule has 0 aliphatic rings. The summed E-state index contributed by atoms with van der Waals surface area (Å²) in [5, 5.41) is 0. The molecule has 0 aliphatic heterocycles. The zero-order chi connectivity index (χ0) is 15.2. The molecule has 0 aromatic heterocycles. The lowest BCUT2D eigenvalue weighted by Crippen LogP contribution is -2.17. The molecule has 0 heterocycles. The molecule has 0 saturated carbocycles. The van der Waals surface area contributed by atoms with E-state index in [9.17, 15) is 4.79 Å². The maximum absolute atomic E-state index is 12.4. The fourth-order valence-electron chi connectivity index (χ4n) is 2.63. The van der Waals surface area contributed by atoms with Gasteiger partial charge in [-0.25, -0.2) is 0 Å². The molecule has 0 unspecified atom stereocenters. The van der Waals surface area contributed by atoms with E-state index >= 15 is 0 Å². The van der Waals surface area contributed by atoms with Crippen LogP contribution in [-0.4, -0.2) is 5.78 Å². The molecule has 0 atom stereocenters. The highest BCUT2D eigenvalue weighted by molar-refractivity contribution is 5.83. The molecule has 0 radical (unpaired) electrons. The predicted octanol–water partition coefficient (Wildman–Crippen LogP) is 5.31. The summed E-state index contributed by atoms with van der Waals surface area (Å²) < 4.78 is 0. The third-order valence-electron chi connectivity index (χ3n) is 3.93. The SMILES string of the molecule is CCCC(CCC)C(=O)Cc1ccc(C(C)(C)C)cc1. The van der Waals surface area contributed by atoms with E-state index in [0.717, 1.165) is 31.2 Å². The van der Waals surface area contributed by atoms with E-state index < -0.39 is 0 Å². The van der Waals surface area contributed by atoms with E-state index in [1.165, 1.54) is 5.56 Å². The van der Waals surface area contributed by atoms with Crippen molar-refractivity contribution in [3.05, 3.63) is 35.4 Å². The van der Waals surface area contributed by atoms with Crippen molar-refractivity contribution in [1.29, 1.82) is 0 Å². The lowest BCUT2D eigenvalue weighted by atomic mass is 9.85. The van der Waals surface area contributed by atoms with Crippen LogP contribution >= 0.6 is 0 Å². The lowest BCUT2D eigenvalue weighted by molar-refractivity contribution is -0.122. The largest absolute Gasteiger partial charge is 0.299 e. The van der Waals surface area contributed by atoms with Crippen molar-refractivity contribution in [3.8, 4) is 0 Å². The van der Waals surface area contributed by atoms with E-state index in [0.29, 0.717) is 12.2 Å². The minimum atomic E-state index is 0.176. The molecule has 1 rings (SSSR count). The van der Waals surface area contributed by atoms with Crippen molar-refractivity contribution < 1.29 is 4.79 Å². The molecule has 0 bridgehead atoms. The molecular weight excluding hydrogens is 244 g/mol. The van der Waals surface area contributed by atoms with Gasteiger partial charge in [-0.05, 0) is 29.4 Å². The third kappa shape index (κ3) is 5.11. The van der Waals surface area contributed by atoms with Gasteiger partial charge in [0.25, 0.3) is 0 Å². The van der Waals surface area contributed by atoms with Crippen molar-refractivity contribution in [3.63, 3.8) is 0 Å². The smallest absolute Gasteiger partial charge is 0.140 e. The predicted molar refractivity (Wildman–Crippen MR) is 87.2 cm³/mol. The summed E-state index contributed by atoms with van der Waals surface area (Å²) in [6, 6.07) is 8.56. The van der Waals surface area contributed by atoms with Gasteiger partial charge < -0.3 is 0 Å². The highest BCUT2D eigenvalue weighted by Gasteiger charge is 2.17. The van der Waals surface area contributed by atoms with Crippen LogP contribution in [0.5, 0.6) is 0 Å². The number of carbonyl (C=O) groups excluding carboxylic acids is 1. The summed E-state index contributed by atoms with van der Waals surface area (Å²) in [4.78, 5) is 12.4. The van der Waals surface area contributed by atoms with Gasteiger partial charge in [0.2, 0.25) is 0 Å². The Balaban J connectivity index is 2.70. The molecule has 20 heavy (non-hydrogen) atoms. The van der Waals surface area contributed by atoms with E-state index in [2.05, 4.69) is 58.9 Å². The summed E-state index contributed by atoms with van der Waals surface area (Å²) >= 11 is 0. The molecule has 0 fully saturated rings. The molecule has 112 valence electrons. The van der Waals surface area contributed by atoms with Gasteiger partial charge in [0.15, 0.2) is 0 Å². The molecule has 0 aliphatic carbocycles. The molecule has 1 nitrogen and oxygen atoms in total. The Hall–Kier alpha value is -1.11. The van der Waals surface area contributed by atoms with Gasteiger partial charge in [0.05, 0.1) is 0 Å². The summed E-state index contributed by atoms with van der Waals surface area (Å²) in [6.07, 6.45) is 4.85. The summed E-state index contributed by atoms with van der Waals surface area (Å²) in [7, 11) is 0. The number of benzene rings is 1. The van der Waals surface area contributed by atoms with Crippen LogP contribution in [-0.2, 0) is 16.6 Å². The Kier molecular flexibility index (Phi) is 6.45. The summed E-state index contributed by atoms with van der Waals surface area (Å²) in [5.41, 5.74) is 2.66. The Morgan fingerprint density at radius 3 is 1.90 bits per heavy atom. The molecule has 0 amide bonds. The Bertz CT molecular complexity index is 402. The quantitative estimate of drug-likeness (QED) is 0.658. The van der Waals surface area contributed by atoms with Crippen molar-refractivity contribution in [2.75, 3.05) is 0 Å². The van der Waals surface area contributed by atoms with Gasteiger partial charge >= 0.3 is 0 Å². The van der Waals surface area contributed by atoms with Gasteiger partial charge in [-0.2, -0.15) is 0 Å². The molecule has 1 aromatic carbocycles. The second-order valence-electron chi connectivity index (χ2n) is 6.86. The fourth-order valence-corrected chi connectivity index (χ4v) is 2.63. The van der Waals surface area contributed by atoms with Crippen LogP contribution in [0.25, 0.3) is 0 Å². The number of carbonyl (C=O) groups is 1. The average Bonchev–Trinajstić information content (AvgIpc) is 2.38. The summed E-state index contributed by atoms with van der Waals surface area (Å²) in [5.74, 6) is 0.671. The molecule has 0 N–H and O–H groups in total. The maximum Gasteiger partial charge on any atom is 0.140 e. The number of hydrogen-bond acceptors (Lipinski definition) is 1. The van der Waals surface area contributed by atoms with E-state index in [4.69, 9.17) is 0 Å². The number of Topliss-reactive ketones (excluding diaryl/α,β-unsaturated/α-hetero) is 1. The number of ketones is 1. The van der Waals surface area contributed by atoms with Gasteiger partial charge in [0, 0.05) is 12.3 Å². The average molecular weight is 274 g/mol. The summed E-state index contributed by atoms with van der Waals surface area (Å²) in [6.45, 7) is 11.0. The van der Waals surface area contributed by atoms with Crippen molar-refractivity contribution in [2.24, 2.45) is 5.92 Å². The molecule has 0 spiro atoms. The van der Waals surface area contributed by atoms with Gasteiger partial charge in [-0.1, -0.05) is 71.7 Å². The molecule has 0 saturated heterocycles. The minimum Gasteiger partial charge on any atom is -0.299 e. The lowest BCUT2D eigenvalue weighted by Gasteiger charge is -2.19. The molecular formula is C19H30O. The minimum absolute atomic E-state index is 0.176. The number of hydrogen-bond donors (Lipinski definition) is 0. The van der Waals surface area contributed by atoms with E-state index in [1.54, 1.807) is 0 Å². The topological polar surface area (TPSA) is 17.1 Å².